The van der Waals surface area contributed by atoms with E-state index in [1.54, 1.807) is 38.4 Å². The van der Waals surface area contributed by atoms with Crippen molar-refractivity contribution in [2.45, 2.75) is 50.9 Å². The fourth-order valence-corrected chi connectivity index (χ4v) is 5.06. The van der Waals surface area contributed by atoms with Crippen molar-refractivity contribution in [1.82, 2.24) is 9.55 Å². The lowest BCUT2D eigenvalue weighted by Crippen LogP contribution is -2.59. The molecular formula is C25H28F3N3O6S. The van der Waals surface area contributed by atoms with Gasteiger partial charge in [-0.15, -0.1) is 24.5 Å². The smallest absolute Gasteiger partial charge is 0.406 e. The summed E-state index contributed by atoms with van der Waals surface area (Å²) in [6, 6.07) is 9.35. The lowest BCUT2D eigenvalue weighted by Gasteiger charge is -2.42. The Balaban J connectivity index is 1.44. The number of methoxy groups -OCH3 is 3. The monoisotopic (exact) mass is 555 g/mol. The van der Waals surface area contributed by atoms with Crippen LogP contribution in [0.25, 0.3) is 16.3 Å². The Kier molecular flexibility index (Phi) is 8.73. The highest BCUT2D eigenvalue weighted by atomic mass is 32.1. The van der Waals surface area contributed by atoms with Gasteiger partial charge in [0.25, 0.3) is 6.29 Å². The highest BCUT2D eigenvalue weighted by molar-refractivity contribution is 7.17. The number of alkyl halides is 3. The Morgan fingerprint density at radius 2 is 1.68 bits per heavy atom. The molecule has 1 saturated heterocycles. The molecule has 3 heterocycles. The van der Waals surface area contributed by atoms with Gasteiger partial charge in [-0.25, -0.2) is 4.98 Å². The van der Waals surface area contributed by atoms with Crippen LogP contribution in [0.2, 0.25) is 0 Å². The van der Waals surface area contributed by atoms with Crippen LogP contribution in [0.3, 0.4) is 0 Å². The third-order valence-electron chi connectivity index (χ3n) is 6.00. The van der Waals surface area contributed by atoms with Crippen LogP contribution >= 0.6 is 11.3 Å². The normalized spacial score (nSPS) is 24.4. The Labute approximate surface area is 221 Å². The molecule has 3 aromatic rings. The molecule has 1 aromatic carbocycles. The van der Waals surface area contributed by atoms with Crippen molar-refractivity contribution in [2.75, 3.05) is 21.3 Å². The van der Waals surface area contributed by atoms with Gasteiger partial charge in [0, 0.05) is 33.2 Å². The molecule has 0 N–H and O–H groups in total. The Bertz CT molecular complexity index is 1230. The number of hydrogen-bond donors (Lipinski definition) is 0. The molecule has 1 aliphatic rings. The number of imidazole rings is 1. The number of aromatic nitrogens is 2. The second-order valence-corrected chi connectivity index (χ2v) is 9.55. The van der Waals surface area contributed by atoms with Gasteiger partial charge in [0.2, 0.25) is 0 Å². The van der Waals surface area contributed by atoms with Crippen LogP contribution in [0.4, 0.5) is 13.2 Å². The molecule has 1 aliphatic heterocycles. The molecule has 0 radical (unpaired) electrons. The summed E-state index contributed by atoms with van der Waals surface area (Å²) in [6.45, 7) is 3.69. The van der Waals surface area contributed by atoms with Gasteiger partial charge in [0.05, 0.1) is 33.6 Å². The van der Waals surface area contributed by atoms with Gasteiger partial charge in [-0.05, 0) is 50.2 Å². The predicted molar refractivity (Wildman–Crippen MR) is 134 cm³/mol. The van der Waals surface area contributed by atoms with E-state index in [0.717, 1.165) is 9.75 Å². The van der Waals surface area contributed by atoms with Crippen LogP contribution < -0.4 is 4.74 Å². The van der Waals surface area contributed by atoms with E-state index >= 15 is 0 Å². The first kappa shape index (κ1) is 28.0. The van der Waals surface area contributed by atoms with Crippen LogP contribution in [-0.2, 0) is 23.8 Å². The second kappa shape index (κ2) is 11.8. The quantitative estimate of drug-likeness (QED) is 0.271. The molecule has 0 bridgehead atoms. The summed E-state index contributed by atoms with van der Waals surface area (Å²) in [7, 11) is 4.72. The molecule has 9 nitrogen and oxygen atoms in total. The first-order valence-electron chi connectivity index (χ1n) is 11.6. The summed E-state index contributed by atoms with van der Waals surface area (Å²) < 4.78 is 65.4. The van der Waals surface area contributed by atoms with E-state index in [1.165, 1.54) is 35.6 Å². The zero-order valence-electron chi connectivity index (χ0n) is 21.3. The molecule has 2 aromatic heterocycles. The summed E-state index contributed by atoms with van der Waals surface area (Å²) >= 11 is 1.47. The number of rotatable bonds is 9. The summed E-state index contributed by atoms with van der Waals surface area (Å²) in [4.78, 5) is 11.9. The van der Waals surface area contributed by atoms with E-state index in [4.69, 9.17) is 23.8 Å². The first-order chi connectivity index (χ1) is 18.1. The van der Waals surface area contributed by atoms with Crippen molar-refractivity contribution >= 4 is 17.0 Å². The van der Waals surface area contributed by atoms with Crippen molar-refractivity contribution in [3.8, 4) is 22.0 Å². The SMILES string of the molecule is CO[C@@H]1[C@@H](OC)[C@H](C)O[C@@H](O/N=C(\C)c2ccc(-c3cn(-c4ccc(OC(F)(F)F)cc4)cn3)s2)[C@@H]1OC. The standard InChI is InChI=1S/C25H28F3N3O6S/c1-14(30-37-24-23(34-5)22(33-4)21(32-3)15(2)35-24)19-10-11-20(38-19)18-12-31(13-29-18)16-6-8-17(9-7-16)36-25(26,27)28/h6-13,15,21-24H,1-5H3/b30-14+/t15-,21-,22+,23+,24-/m0/s1. The van der Waals surface area contributed by atoms with E-state index in [9.17, 15) is 13.2 Å². The minimum absolute atomic E-state index is 0.289. The lowest BCUT2D eigenvalue weighted by molar-refractivity contribution is -0.305. The highest BCUT2D eigenvalue weighted by Crippen LogP contribution is 2.30. The number of nitrogens with zero attached hydrogens (tertiary/aromatic N) is 3. The zero-order valence-corrected chi connectivity index (χ0v) is 22.2. The predicted octanol–water partition coefficient (Wildman–Crippen LogP) is 5.03. The maximum Gasteiger partial charge on any atom is 0.573 e. The summed E-state index contributed by atoms with van der Waals surface area (Å²) in [5.74, 6) is -0.289. The van der Waals surface area contributed by atoms with Crippen LogP contribution in [0, 0.1) is 0 Å². The molecule has 0 unspecified atom stereocenters. The molecule has 0 amide bonds. The summed E-state index contributed by atoms with van der Waals surface area (Å²) in [5, 5.41) is 4.27. The largest absolute Gasteiger partial charge is 0.573 e. The molecule has 4 rings (SSSR count). The highest BCUT2D eigenvalue weighted by Gasteiger charge is 2.47. The summed E-state index contributed by atoms with van der Waals surface area (Å²) in [6.07, 6.45) is -3.71. The van der Waals surface area contributed by atoms with Crippen molar-refractivity contribution in [3.63, 3.8) is 0 Å². The van der Waals surface area contributed by atoms with Crippen LogP contribution in [0.5, 0.6) is 5.75 Å². The minimum Gasteiger partial charge on any atom is -0.406 e. The van der Waals surface area contributed by atoms with Gasteiger partial charge in [0.15, 0.2) is 6.10 Å². The number of hydrogen-bond acceptors (Lipinski definition) is 9. The third-order valence-corrected chi connectivity index (χ3v) is 7.22. The number of halogens is 3. The van der Waals surface area contributed by atoms with E-state index in [2.05, 4.69) is 14.9 Å². The molecule has 206 valence electrons. The molecule has 0 aliphatic carbocycles. The van der Waals surface area contributed by atoms with Crippen LogP contribution in [0.15, 0.2) is 54.1 Å². The molecule has 0 saturated carbocycles. The van der Waals surface area contributed by atoms with E-state index in [0.29, 0.717) is 17.1 Å². The van der Waals surface area contributed by atoms with Gasteiger partial charge in [-0.3, -0.25) is 0 Å². The van der Waals surface area contributed by atoms with Gasteiger partial charge in [0.1, 0.15) is 18.0 Å². The van der Waals surface area contributed by atoms with Crippen LogP contribution in [0.1, 0.15) is 18.7 Å². The maximum atomic E-state index is 12.4. The second-order valence-electron chi connectivity index (χ2n) is 8.46. The molecule has 38 heavy (non-hydrogen) atoms. The van der Waals surface area contributed by atoms with Gasteiger partial charge >= 0.3 is 6.36 Å². The van der Waals surface area contributed by atoms with Gasteiger partial charge in [-0.2, -0.15) is 0 Å². The molecule has 13 heteroatoms. The fourth-order valence-electron chi connectivity index (χ4n) is 4.16. The lowest BCUT2D eigenvalue weighted by atomic mass is 9.99. The minimum atomic E-state index is -4.74. The average Bonchev–Trinajstić information content (AvgIpc) is 3.56. The number of thiophene rings is 1. The molecule has 0 spiro atoms. The first-order valence-corrected chi connectivity index (χ1v) is 12.4. The van der Waals surface area contributed by atoms with E-state index in [1.807, 2.05) is 26.0 Å². The van der Waals surface area contributed by atoms with Crippen molar-refractivity contribution in [1.29, 1.82) is 0 Å². The van der Waals surface area contributed by atoms with Gasteiger partial charge in [-0.1, -0.05) is 5.16 Å². The van der Waals surface area contributed by atoms with E-state index < -0.39 is 24.9 Å². The van der Waals surface area contributed by atoms with Crippen molar-refractivity contribution in [3.05, 3.63) is 53.8 Å². The number of oxime groups is 1. The Morgan fingerprint density at radius 3 is 2.32 bits per heavy atom. The van der Waals surface area contributed by atoms with Gasteiger partial charge < -0.3 is 33.1 Å². The van der Waals surface area contributed by atoms with Crippen molar-refractivity contribution in [2.24, 2.45) is 5.16 Å². The molecule has 1 fully saturated rings. The summed E-state index contributed by atoms with van der Waals surface area (Å²) in [5.41, 5.74) is 1.97. The zero-order chi connectivity index (χ0) is 27.4. The number of benzene rings is 1. The number of ether oxygens (including phenoxy) is 5. The van der Waals surface area contributed by atoms with Crippen LogP contribution in [-0.4, -0.2) is 73.7 Å². The van der Waals surface area contributed by atoms with Crippen molar-refractivity contribution < 1.29 is 41.7 Å². The molecular weight excluding hydrogens is 527 g/mol. The van der Waals surface area contributed by atoms with E-state index in [-0.39, 0.29) is 18.0 Å². The Hall–Kier alpha value is -2.97. The Morgan fingerprint density at radius 1 is 1.00 bits per heavy atom. The fraction of sp³-hybridized carbons (Fsp3) is 0.440. The molecule has 5 atom stereocenters. The average molecular weight is 556 g/mol. The topological polar surface area (TPSA) is 85.6 Å². The third kappa shape index (κ3) is 6.35. The maximum absolute atomic E-state index is 12.4.